The summed E-state index contributed by atoms with van der Waals surface area (Å²) < 4.78 is 15.7. The maximum atomic E-state index is 5.45. The summed E-state index contributed by atoms with van der Waals surface area (Å²) >= 11 is 0. The van der Waals surface area contributed by atoms with Crippen LogP contribution in [0.5, 0.6) is 0 Å². The lowest BCUT2D eigenvalue weighted by atomic mass is 10.3. The summed E-state index contributed by atoms with van der Waals surface area (Å²) in [7, 11) is 5.74. The van der Waals surface area contributed by atoms with Crippen LogP contribution in [0.15, 0.2) is 0 Å². The fraction of sp³-hybridized carbons (Fsp3) is 1.00. The number of ether oxygens (including phenoxy) is 3. The van der Waals surface area contributed by atoms with E-state index in [1.165, 1.54) is 0 Å². The lowest BCUT2D eigenvalue weighted by molar-refractivity contribution is 0.00883. The molecule has 0 saturated carbocycles. The lowest BCUT2D eigenvalue weighted by Gasteiger charge is -2.23. The van der Waals surface area contributed by atoms with Gasteiger partial charge < -0.3 is 19.1 Å². The molecule has 86 valence electrons. The molecule has 0 amide bonds. The molecule has 14 heavy (non-hydrogen) atoms. The summed E-state index contributed by atoms with van der Waals surface area (Å²) in [5.74, 6) is 0. The van der Waals surface area contributed by atoms with Gasteiger partial charge in [0.05, 0.1) is 32.5 Å². The zero-order chi connectivity index (χ0) is 10.8. The maximum Gasteiger partial charge on any atom is 0.0701 e. The zero-order valence-corrected chi connectivity index (χ0v) is 9.78. The van der Waals surface area contributed by atoms with E-state index in [1.807, 2.05) is 21.0 Å². The Hall–Kier alpha value is -0.160. The Balaban J connectivity index is 3.52. The molecule has 0 spiro atoms. The summed E-state index contributed by atoms with van der Waals surface area (Å²) in [6.45, 7) is 5.45. The lowest BCUT2D eigenvalue weighted by Crippen LogP contribution is -2.37. The first-order chi connectivity index (χ1) is 6.72. The summed E-state index contributed by atoms with van der Waals surface area (Å²) in [6.07, 6.45) is 0. The quantitative estimate of drug-likeness (QED) is 0.516. The molecule has 0 aromatic carbocycles. The first-order valence-corrected chi connectivity index (χ1v) is 5.03. The second-order valence-electron chi connectivity index (χ2n) is 3.34. The van der Waals surface area contributed by atoms with Gasteiger partial charge in [-0.2, -0.15) is 0 Å². The average Bonchev–Trinajstić information content (AvgIpc) is 2.16. The fourth-order valence-corrected chi connectivity index (χ4v) is 0.962. The number of methoxy groups -OCH3 is 1. The third-order valence-corrected chi connectivity index (χ3v) is 1.99. The van der Waals surface area contributed by atoms with Crippen molar-refractivity contribution in [2.24, 2.45) is 0 Å². The largest absolute Gasteiger partial charge is 0.382 e. The van der Waals surface area contributed by atoms with Crippen molar-refractivity contribution in [1.82, 2.24) is 4.90 Å². The minimum absolute atomic E-state index is 0.326. The first kappa shape index (κ1) is 13.8. The van der Waals surface area contributed by atoms with Gasteiger partial charge in [0.25, 0.3) is 0 Å². The summed E-state index contributed by atoms with van der Waals surface area (Å²) in [5.41, 5.74) is 0. The van der Waals surface area contributed by atoms with Gasteiger partial charge in [0.1, 0.15) is 0 Å². The maximum absolute atomic E-state index is 5.45. The van der Waals surface area contributed by atoms with Gasteiger partial charge in [-0.15, -0.1) is 0 Å². The molecule has 0 heterocycles. The predicted octanol–water partition coefficient (Wildman–Crippen LogP) is 0.616. The Morgan fingerprint density at radius 1 is 1.07 bits per heavy atom. The molecule has 0 radical (unpaired) electrons. The topological polar surface area (TPSA) is 30.9 Å². The van der Waals surface area contributed by atoms with Gasteiger partial charge in [0, 0.05) is 13.7 Å². The van der Waals surface area contributed by atoms with Gasteiger partial charge in [-0.3, -0.25) is 0 Å². The molecule has 0 aliphatic carbocycles. The van der Waals surface area contributed by atoms with Crippen LogP contribution in [0.1, 0.15) is 6.92 Å². The van der Waals surface area contributed by atoms with E-state index in [-0.39, 0.29) is 0 Å². The molecule has 0 aliphatic heterocycles. The third kappa shape index (κ3) is 7.26. The van der Waals surface area contributed by atoms with E-state index in [4.69, 9.17) is 14.2 Å². The summed E-state index contributed by atoms with van der Waals surface area (Å²) in [4.78, 5) is 2.11. The summed E-state index contributed by atoms with van der Waals surface area (Å²) in [5, 5.41) is 0. The number of rotatable bonds is 9. The van der Waals surface area contributed by atoms with Crippen LogP contribution in [0.2, 0.25) is 0 Å². The number of likely N-dealkylation sites (N-methyl/N-ethyl adjacent to an activating group) is 1. The minimum Gasteiger partial charge on any atom is -0.382 e. The molecule has 0 fully saturated rings. The highest BCUT2D eigenvalue weighted by molar-refractivity contribution is 4.63. The van der Waals surface area contributed by atoms with E-state index in [9.17, 15) is 0 Å². The SMILES string of the molecule is CCOCC(COCCOC)N(C)C. The van der Waals surface area contributed by atoms with E-state index in [0.29, 0.717) is 25.9 Å². The average molecular weight is 205 g/mol. The Kier molecular flexibility index (Phi) is 9.29. The van der Waals surface area contributed by atoms with E-state index >= 15 is 0 Å². The van der Waals surface area contributed by atoms with Crippen molar-refractivity contribution in [3.05, 3.63) is 0 Å². The molecule has 1 unspecified atom stereocenters. The van der Waals surface area contributed by atoms with E-state index < -0.39 is 0 Å². The smallest absolute Gasteiger partial charge is 0.0701 e. The van der Waals surface area contributed by atoms with Crippen LogP contribution in [0.4, 0.5) is 0 Å². The number of nitrogens with zero attached hydrogens (tertiary/aromatic N) is 1. The van der Waals surface area contributed by atoms with Crippen LogP contribution >= 0.6 is 0 Å². The molecule has 0 saturated heterocycles. The van der Waals surface area contributed by atoms with Gasteiger partial charge in [-0.05, 0) is 21.0 Å². The van der Waals surface area contributed by atoms with Crippen LogP contribution in [0.3, 0.4) is 0 Å². The number of hydrogen-bond acceptors (Lipinski definition) is 4. The van der Waals surface area contributed by atoms with Crippen molar-refractivity contribution >= 4 is 0 Å². The molecule has 0 N–H and O–H groups in total. The Labute approximate surface area is 87.1 Å². The molecule has 4 heteroatoms. The van der Waals surface area contributed by atoms with Crippen molar-refractivity contribution in [2.75, 3.05) is 54.2 Å². The van der Waals surface area contributed by atoms with Crippen LogP contribution in [0.25, 0.3) is 0 Å². The van der Waals surface area contributed by atoms with Crippen LogP contribution in [-0.2, 0) is 14.2 Å². The molecule has 0 bridgehead atoms. The normalized spacial score (nSPS) is 13.5. The molecular weight excluding hydrogens is 182 g/mol. The molecule has 1 atom stereocenters. The van der Waals surface area contributed by atoms with Crippen LogP contribution in [0, 0.1) is 0 Å². The first-order valence-electron chi connectivity index (χ1n) is 5.03. The Bertz CT molecular complexity index is 120. The predicted molar refractivity (Wildman–Crippen MR) is 56.7 cm³/mol. The van der Waals surface area contributed by atoms with Crippen molar-refractivity contribution in [2.45, 2.75) is 13.0 Å². The number of hydrogen-bond donors (Lipinski definition) is 0. The van der Waals surface area contributed by atoms with Crippen molar-refractivity contribution in [1.29, 1.82) is 0 Å². The molecule has 0 aromatic rings. The Morgan fingerprint density at radius 2 is 1.71 bits per heavy atom. The van der Waals surface area contributed by atoms with Gasteiger partial charge in [-0.1, -0.05) is 0 Å². The molecule has 0 aliphatic rings. The van der Waals surface area contributed by atoms with Gasteiger partial charge in [-0.25, -0.2) is 0 Å². The van der Waals surface area contributed by atoms with Crippen LogP contribution < -0.4 is 0 Å². The highest BCUT2D eigenvalue weighted by Crippen LogP contribution is 1.96. The fourth-order valence-electron chi connectivity index (χ4n) is 0.962. The third-order valence-electron chi connectivity index (χ3n) is 1.99. The van der Waals surface area contributed by atoms with Crippen LogP contribution in [-0.4, -0.2) is 65.2 Å². The van der Waals surface area contributed by atoms with E-state index in [1.54, 1.807) is 7.11 Å². The molecule has 4 nitrogen and oxygen atoms in total. The van der Waals surface area contributed by atoms with Crippen molar-refractivity contribution < 1.29 is 14.2 Å². The molecular formula is C10H23NO3. The second kappa shape index (κ2) is 9.40. The Morgan fingerprint density at radius 3 is 2.21 bits per heavy atom. The minimum atomic E-state index is 0.326. The molecule has 0 aromatic heterocycles. The highest BCUT2D eigenvalue weighted by atomic mass is 16.5. The van der Waals surface area contributed by atoms with Crippen molar-refractivity contribution in [3.63, 3.8) is 0 Å². The van der Waals surface area contributed by atoms with Gasteiger partial charge >= 0.3 is 0 Å². The second-order valence-corrected chi connectivity index (χ2v) is 3.34. The highest BCUT2D eigenvalue weighted by Gasteiger charge is 2.10. The zero-order valence-electron chi connectivity index (χ0n) is 9.78. The van der Waals surface area contributed by atoms with Gasteiger partial charge in [0.15, 0.2) is 0 Å². The standard InChI is InChI=1S/C10H23NO3/c1-5-13-8-10(11(2)3)9-14-7-6-12-4/h10H,5-9H2,1-4H3. The monoisotopic (exact) mass is 205 g/mol. The van der Waals surface area contributed by atoms with Crippen molar-refractivity contribution in [3.8, 4) is 0 Å². The van der Waals surface area contributed by atoms with Gasteiger partial charge in [0.2, 0.25) is 0 Å². The van der Waals surface area contributed by atoms with E-state index in [2.05, 4.69) is 4.90 Å². The molecule has 0 rings (SSSR count). The summed E-state index contributed by atoms with van der Waals surface area (Å²) in [6, 6.07) is 0.326. The van der Waals surface area contributed by atoms with E-state index in [0.717, 1.165) is 13.2 Å².